The van der Waals surface area contributed by atoms with E-state index in [-0.39, 0.29) is 12.2 Å². The largest absolute Gasteiger partial charge is 0.364 e. The Morgan fingerprint density at radius 2 is 1.63 bits per heavy atom. The van der Waals surface area contributed by atoms with Crippen molar-refractivity contribution in [2.75, 3.05) is 0 Å². The molecule has 2 aromatic carbocycles. The highest BCUT2D eigenvalue weighted by Crippen LogP contribution is 2.53. The van der Waals surface area contributed by atoms with Gasteiger partial charge in [-0.1, -0.05) is 54.3 Å². The lowest BCUT2D eigenvalue weighted by Gasteiger charge is -2.16. The van der Waals surface area contributed by atoms with Crippen molar-refractivity contribution in [2.45, 2.75) is 18.6 Å². The molecule has 2 unspecified atom stereocenters. The lowest BCUT2D eigenvalue weighted by molar-refractivity contribution is 0.0657. The molecule has 4 rings (SSSR count). The SMILES string of the molecule is C(#C[C@H]1CC2OC1c1ccccc12)c1ccccc1. The number of hydrogen-bond donors (Lipinski definition) is 0. The van der Waals surface area contributed by atoms with Crippen molar-refractivity contribution >= 4 is 0 Å². The summed E-state index contributed by atoms with van der Waals surface area (Å²) in [6.07, 6.45) is 1.47. The summed E-state index contributed by atoms with van der Waals surface area (Å²) in [5, 5.41) is 0. The van der Waals surface area contributed by atoms with Crippen molar-refractivity contribution in [1.82, 2.24) is 0 Å². The lowest BCUT2D eigenvalue weighted by atomic mass is 9.84. The van der Waals surface area contributed by atoms with Crippen molar-refractivity contribution < 1.29 is 4.74 Å². The summed E-state index contributed by atoms with van der Waals surface area (Å²) in [5.41, 5.74) is 3.79. The van der Waals surface area contributed by atoms with E-state index in [0.29, 0.717) is 5.92 Å². The normalized spacial score (nSPS) is 26.6. The summed E-state index contributed by atoms with van der Waals surface area (Å²) in [6, 6.07) is 18.7. The molecule has 0 aliphatic carbocycles. The highest BCUT2D eigenvalue weighted by molar-refractivity contribution is 5.41. The van der Waals surface area contributed by atoms with Crippen LogP contribution < -0.4 is 0 Å². The minimum Gasteiger partial charge on any atom is -0.364 e. The molecule has 2 bridgehead atoms. The van der Waals surface area contributed by atoms with Gasteiger partial charge in [0, 0.05) is 5.56 Å². The van der Waals surface area contributed by atoms with Crippen molar-refractivity contribution in [2.24, 2.45) is 5.92 Å². The van der Waals surface area contributed by atoms with E-state index in [2.05, 4.69) is 48.2 Å². The Morgan fingerprint density at radius 3 is 2.47 bits per heavy atom. The highest BCUT2D eigenvalue weighted by atomic mass is 16.5. The standard InChI is InChI=1S/C18H14O/c1-2-6-13(7-3-1)10-11-14-12-17-15-8-4-5-9-16(15)18(14)19-17/h1-9,14,17-18H,12H2/t14-,17?,18?/m0/s1. The maximum absolute atomic E-state index is 6.04. The molecular weight excluding hydrogens is 232 g/mol. The summed E-state index contributed by atoms with van der Waals surface area (Å²) in [4.78, 5) is 0. The van der Waals surface area contributed by atoms with Gasteiger partial charge in [-0.25, -0.2) is 0 Å². The van der Waals surface area contributed by atoms with Gasteiger partial charge in [-0.3, -0.25) is 0 Å². The maximum Gasteiger partial charge on any atom is 0.0975 e. The monoisotopic (exact) mass is 246 g/mol. The first-order chi connectivity index (χ1) is 9.42. The molecule has 19 heavy (non-hydrogen) atoms. The molecule has 0 radical (unpaired) electrons. The topological polar surface area (TPSA) is 9.23 Å². The van der Waals surface area contributed by atoms with E-state index in [1.54, 1.807) is 0 Å². The molecule has 0 N–H and O–H groups in total. The van der Waals surface area contributed by atoms with Crippen LogP contribution in [0.25, 0.3) is 0 Å². The predicted octanol–water partition coefficient (Wildman–Crippen LogP) is 3.87. The molecule has 1 heteroatoms. The van der Waals surface area contributed by atoms with Gasteiger partial charge < -0.3 is 4.74 Å². The van der Waals surface area contributed by atoms with Crippen LogP contribution in [0.2, 0.25) is 0 Å². The second kappa shape index (κ2) is 4.26. The molecule has 0 saturated carbocycles. The molecule has 1 saturated heterocycles. The summed E-state index contributed by atoms with van der Waals surface area (Å²) in [6.45, 7) is 0. The first-order valence-corrected chi connectivity index (χ1v) is 6.73. The third kappa shape index (κ3) is 1.77. The molecule has 3 atom stereocenters. The minimum absolute atomic E-state index is 0.178. The summed E-state index contributed by atoms with van der Waals surface area (Å²) < 4.78 is 6.04. The average Bonchev–Trinajstić information content (AvgIpc) is 3.05. The molecule has 2 heterocycles. The molecule has 2 aromatic rings. The zero-order valence-electron chi connectivity index (χ0n) is 10.5. The predicted molar refractivity (Wildman–Crippen MR) is 74.4 cm³/mol. The van der Waals surface area contributed by atoms with Crippen molar-refractivity contribution in [1.29, 1.82) is 0 Å². The van der Waals surface area contributed by atoms with Gasteiger partial charge in [-0.2, -0.15) is 0 Å². The number of hydrogen-bond acceptors (Lipinski definition) is 1. The number of rotatable bonds is 0. The fraction of sp³-hybridized carbons (Fsp3) is 0.222. The van der Waals surface area contributed by atoms with Crippen molar-refractivity contribution in [3.8, 4) is 11.8 Å². The molecule has 92 valence electrons. The van der Waals surface area contributed by atoms with Gasteiger partial charge in [-0.15, -0.1) is 0 Å². The average molecular weight is 246 g/mol. The Morgan fingerprint density at radius 1 is 0.895 bits per heavy atom. The number of fused-ring (bicyclic) bond motifs is 5. The van der Waals surface area contributed by atoms with Gasteiger partial charge in [0.25, 0.3) is 0 Å². The van der Waals surface area contributed by atoms with E-state index in [0.717, 1.165) is 12.0 Å². The van der Waals surface area contributed by atoms with E-state index in [1.807, 2.05) is 18.2 Å². The Labute approximate surface area is 113 Å². The zero-order valence-corrected chi connectivity index (χ0v) is 10.5. The van der Waals surface area contributed by atoms with E-state index in [1.165, 1.54) is 11.1 Å². The van der Waals surface area contributed by atoms with E-state index in [4.69, 9.17) is 4.74 Å². The van der Waals surface area contributed by atoms with Crippen molar-refractivity contribution in [3.63, 3.8) is 0 Å². The maximum atomic E-state index is 6.04. The third-order valence-corrected chi connectivity index (χ3v) is 3.97. The fourth-order valence-corrected chi connectivity index (χ4v) is 3.07. The lowest BCUT2D eigenvalue weighted by Crippen LogP contribution is -2.08. The summed E-state index contributed by atoms with van der Waals surface area (Å²) in [5.74, 6) is 7.00. The molecule has 1 nitrogen and oxygen atoms in total. The van der Waals surface area contributed by atoms with Gasteiger partial charge in [0.1, 0.15) is 0 Å². The van der Waals surface area contributed by atoms with Crippen LogP contribution in [0.3, 0.4) is 0 Å². The van der Waals surface area contributed by atoms with Crippen LogP contribution in [0.4, 0.5) is 0 Å². The van der Waals surface area contributed by atoms with Gasteiger partial charge >= 0.3 is 0 Å². The zero-order chi connectivity index (χ0) is 12.7. The number of ether oxygens (including phenoxy) is 1. The summed E-state index contributed by atoms with van der Waals surface area (Å²) in [7, 11) is 0. The van der Waals surface area contributed by atoms with Gasteiger partial charge in [0.15, 0.2) is 0 Å². The van der Waals surface area contributed by atoms with Crippen LogP contribution in [0.5, 0.6) is 0 Å². The quantitative estimate of drug-likeness (QED) is 0.641. The van der Waals surface area contributed by atoms with E-state index < -0.39 is 0 Å². The van der Waals surface area contributed by atoms with Gasteiger partial charge in [0.2, 0.25) is 0 Å². The third-order valence-electron chi connectivity index (χ3n) is 3.97. The van der Waals surface area contributed by atoms with Crippen LogP contribution in [0.15, 0.2) is 54.6 Å². The van der Waals surface area contributed by atoms with Crippen LogP contribution in [-0.4, -0.2) is 0 Å². The van der Waals surface area contributed by atoms with Crippen LogP contribution in [0.1, 0.15) is 35.3 Å². The number of benzene rings is 2. The molecule has 0 spiro atoms. The molecule has 1 fully saturated rings. The second-order valence-electron chi connectivity index (χ2n) is 5.15. The van der Waals surface area contributed by atoms with E-state index in [9.17, 15) is 0 Å². The minimum atomic E-state index is 0.178. The van der Waals surface area contributed by atoms with Gasteiger partial charge in [0.05, 0.1) is 18.1 Å². The Hall–Kier alpha value is -2.04. The second-order valence-corrected chi connectivity index (χ2v) is 5.15. The highest BCUT2D eigenvalue weighted by Gasteiger charge is 2.44. The van der Waals surface area contributed by atoms with Crippen LogP contribution in [0, 0.1) is 17.8 Å². The van der Waals surface area contributed by atoms with E-state index >= 15 is 0 Å². The summed E-state index contributed by atoms with van der Waals surface area (Å²) >= 11 is 0. The molecule has 2 aliphatic heterocycles. The molecular formula is C18H14O. The van der Waals surface area contributed by atoms with Crippen LogP contribution >= 0.6 is 0 Å². The Bertz CT molecular complexity index is 663. The Balaban J connectivity index is 1.63. The first kappa shape index (κ1) is 10.8. The first-order valence-electron chi connectivity index (χ1n) is 6.73. The van der Waals surface area contributed by atoms with Gasteiger partial charge in [-0.05, 0) is 29.7 Å². The fourth-order valence-electron chi connectivity index (χ4n) is 3.07. The molecule has 0 aromatic heterocycles. The Kier molecular flexibility index (Phi) is 2.43. The van der Waals surface area contributed by atoms with Crippen molar-refractivity contribution in [3.05, 3.63) is 71.3 Å². The smallest absolute Gasteiger partial charge is 0.0975 e. The van der Waals surface area contributed by atoms with Crippen LogP contribution in [-0.2, 0) is 4.74 Å². The molecule has 2 aliphatic rings. The molecule has 0 amide bonds.